The predicted molar refractivity (Wildman–Crippen MR) is 66.7 cm³/mol. The number of allylic oxidation sites excluding steroid dienone is 1. The molecule has 1 N–H and O–H groups in total. The van der Waals surface area contributed by atoms with Gasteiger partial charge in [0.25, 0.3) is 0 Å². The summed E-state index contributed by atoms with van der Waals surface area (Å²) in [5.74, 6) is -1.15. The normalized spacial score (nSPS) is 15.4. The Kier molecular flexibility index (Phi) is 3.19. The summed E-state index contributed by atoms with van der Waals surface area (Å²) < 4.78 is 0. The Bertz CT molecular complexity index is 546. The van der Waals surface area contributed by atoms with Gasteiger partial charge in [0, 0.05) is 5.70 Å². The molecule has 4 nitrogen and oxygen atoms in total. The van der Waals surface area contributed by atoms with Crippen molar-refractivity contribution in [1.29, 1.82) is 0 Å². The van der Waals surface area contributed by atoms with Crippen LogP contribution in [0.5, 0.6) is 0 Å². The highest BCUT2D eigenvalue weighted by molar-refractivity contribution is 5.99. The van der Waals surface area contributed by atoms with Crippen LogP contribution in [0, 0.1) is 6.92 Å². The van der Waals surface area contributed by atoms with E-state index in [1.54, 1.807) is 11.8 Å². The van der Waals surface area contributed by atoms with E-state index in [1.165, 1.54) is 0 Å². The van der Waals surface area contributed by atoms with Gasteiger partial charge in [-0.05, 0) is 25.0 Å². The first kappa shape index (κ1) is 12.4. The molecule has 4 heteroatoms. The second-order valence-corrected chi connectivity index (χ2v) is 4.45. The fourth-order valence-electron chi connectivity index (χ4n) is 2.12. The minimum absolute atomic E-state index is 0.00690. The Hall–Kier alpha value is -2.10. The molecule has 1 aromatic rings. The van der Waals surface area contributed by atoms with Gasteiger partial charge in [-0.25, -0.2) is 4.79 Å². The van der Waals surface area contributed by atoms with Gasteiger partial charge in [0.2, 0.25) is 5.91 Å². The highest BCUT2D eigenvalue weighted by Gasteiger charge is 2.31. The zero-order valence-corrected chi connectivity index (χ0v) is 10.4. The van der Waals surface area contributed by atoms with E-state index in [9.17, 15) is 9.59 Å². The maximum Gasteiger partial charge on any atom is 0.333 e. The van der Waals surface area contributed by atoms with Crippen molar-refractivity contribution >= 4 is 11.9 Å². The molecule has 0 unspecified atom stereocenters. The topological polar surface area (TPSA) is 57.6 Å². The SMILES string of the molecule is CC1=C(C(=O)O)CC(=O)N1Cc1ccccc1C. The molecule has 0 radical (unpaired) electrons. The summed E-state index contributed by atoms with van der Waals surface area (Å²) >= 11 is 0. The lowest BCUT2D eigenvalue weighted by Gasteiger charge is -2.19. The maximum atomic E-state index is 11.8. The highest BCUT2D eigenvalue weighted by atomic mass is 16.4. The minimum atomic E-state index is -1.01. The lowest BCUT2D eigenvalue weighted by molar-refractivity contribution is -0.134. The number of benzene rings is 1. The highest BCUT2D eigenvalue weighted by Crippen LogP contribution is 2.26. The molecule has 0 saturated carbocycles. The van der Waals surface area contributed by atoms with E-state index in [0.29, 0.717) is 12.2 Å². The largest absolute Gasteiger partial charge is 0.478 e. The van der Waals surface area contributed by atoms with Crippen molar-refractivity contribution in [3.63, 3.8) is 0 Å². The molecule has 0 aromatic heterocycles. The molecule has 18 heavy (non-hydrogen) atoms. The Balaban J connectivity index is 2.27. The molecule has 0 aliphatic carbocycles. The van der Waals surface area contributed by atoms with Crippen molar-refractivity contribution < 1.29 is 14.7 Å². The predicted octanol–water partition coefficient (Wildman–Crippen LogP) is 2.09. The fourth-order valence-corrected chi connectivity index (χ4v) is 2.12. The lowest BCUT2D eigenvalue weighted by atomic mass is 10.1. The first-order chi connectivity index (χ1) is 8.50. The standard InChI is InChI=1S/C14H15NO3/c1-9-5-3-4-6-11(9)8-15-10(2)12(14(17)18)7-13(15)16/h3-6H,7-8H2,1-2H3,(H,17,18). The molecule has 0 atom stereocenters. The summed E-state index contributed by atoms with van der Waals surface area (Å²) in [5.41, 5.74) is 2.89. The molecule has 0 spiro atoms. The molecule has 1 heterocycles. The van der Waals surface area contributed by atoms with E-state index in [4.69, 9.17) is 5.11 Å². The second kappa shape index (κ2) is 4.64. The number of nitrogens with zero attached hydrogens (tertiary/aromatic N) is 1. The van der Waals surface area contributed by atoms with Gasteiger partial charge in [-0.15, -0.1) is 0 Å². The van der Waals surface area contributed by atoms with Crippen LogP contribution in [-0.2, 0) is 16.1 Å². The van der Waals surface area contributed by atoms with Gasteiger partial charge < -0.3 is 10.0 Å². The number of carboxylic acids is 1. The zero-order chi connectivity index (χ0) is 13.3. The van der Waals surface area contributed by atoms with Crippen LogP contribution in [0.15, 0.2) is 35.5 Å². The lowest BCUT2D eigenvalue weighted by Crippen LogP contribution is -2.23. The van der Waals surface area contributed by atoms with Crippen LogP contribution >= 0.6 is 0 Å². The summed E-state index contributed by atoms with van der Waals surface area (Å²) in [4.78, 5) is 24.4. The maximum absolute atomic E-state index is 11.8. The summed E-state index contributed by atoms with van der Waals surface area (Å²) in [6, 6.07) is 7.79. The van der Waals surface area contributed by atoms with Crippen molar-refractivity contribution in [1.82, 2.24) is 4.90 Å². The summed E-state index contributed by atoms with van der Waals surface area (Å²) in [7, 11) is 0. The van der Waals surface area contributed by atoms with Gasteiger partial charge in [0.05, 0.1) is 18.5 Å². The first-order valence-electron chi connectivity index (χ1n) is 5.78. The number of amides is 1. The van der Waals surface area contributed by atoms with Crippen molar-refractivity contribution in [2.75, 3.05) is 0 Å². The summed E-state index contributed by atoms with van der Waals surface area (Å²) in [6.45, 7) is 4.10. The number of hydrogen-bond donors (Lipinski definition) is 1. The first-order valence-corrected chi connectivity index (χ1v) is 5.78. The molecule has 0 saturated heterocycles. The number of carboxylic acid groups (broad SMARTS) is 1. The van der Waals surface area contributed by atoms with Gasteiger partial charge in [-0.1, -0.05) is 24.3 Å². The molecule has 0 fully saturated rings. The van der Waals surface area contributed by atoms with E-state index < -0.39 is 5.97 Å². The van der Waals surface area contributed by atoms with E-state index in [1.807, 2.05) is 31.2 Å². The number of carbonyl (C=O) groups is 2. The van der Waals surface area contributed by atoms with Crippen LogP contribution in [0.3, 0.4) is 0 Å². The van der Waals surface area contributed by atoms with Gasteiger partial charge >= 0.3 is 5.97 Å². The van der Waals surface area contributed by atoms with E-state index in [2.05, 4.69) is 0 Å². The number of aliphatic carboxylic acids is 1. The van der Waals surface area contributed by atoms with E-state index >= 15 is 0 Å². The molecular weight excluding hydrogens is 230 g/mol. The van der Waals surface area contributed by atoms with E-state index in [-0.39, 0.29) is 17.9 Å². The molecule has 1 aromatic carbocycles. The quantitative estimate of drug-likeness (QED) is 0.887. The summed E-state index contributed by atoms with van der Waals surface area (Å²) in [6.07, 6.45) is -0.00690. The average Bonchev–Trinajstić information content (AvgIpc) is 2.60. The van der Waals surface area contributed by atoms with Gasteiger partial charge in [-0.2, -0.15) is 0 Å². The van der Waals surface area contributed by atoms with Crippen LogP contribution in [0.2, 0.25) is 0 Å². The smallest absolute Gasteiger partial charge is 0.333 e. The summed E-state index contributed by atoms with van der Waals surface area (Å²) in [5, 5.41) is 9.00. The fraction of sp³-hybridized carbons (Fsp3) is 0.286. The Labute approximate surface area is 106 Å². The Morgan fingerprint density at radius 2 is 2.00 bits per heavy atom. The van der Waals surface area contributed by atoms with Crippen LogP contribution in [0.25, 0.3) is 0 Å². The van der Waals surface area contributed by atoms with Crippen molar-refractivity contribution in [3.8, 4) is 0 Å². The number of carbonyl (C=O) groups excluding carboxylic acids is 1. The molecule has 1 amide bonds. The van der Waals surface area contributed by atoms with Crippen molar-refractivity contribution in [3.05, 3.63) is 46.7 Å². The van der Waals surface area contributed by atoms with Crippen LogP contribution in [0.1, 0.15) is 24.5 Å². The van der Waals surface area contributed by atoms with Gasteiger partial charge in [-0.3, -0.25) is 4.79 Å². The van der Waals surface area contributed by atoms with Crippen molar-refractivity contribution in [2.45, 2.75) is 26.8 Å². The second-order valence-electron chi connectivity index (χ2n) is 4.45. The molecular formula is C14H15NO3. The molecule has 2 rings (SSSR count). The number of rotatable bonds is 3. The zero-order valence-electron chi connectivity index (χ0n) is 10.4. The van der Waals surface area contributed by atoms with Crippen molar-refractivity contribution in [2.24, 2.45) is 0 Å². The van der Waals surface area contributed by atoms with Gasteiger partial charge in [0.15, 0.2) is 0 Å². The van der Waals surface area contributed by atoms with Crippen LogP contribution < -0.4 is 0 Å². The number of aryl methyl sites for hydroxylation is 1. The number of hydrogen-bond acceptors (Lipinski definition) is 2. The third kappa shape index (κ3) is 2.14. The molecule has 94 valence electrons. The monoisotopic (exact) mass is 245 g/mol. The van der Waals surface area contributed by atoms with E-state index in [0.717, 1.165) is 11.1 Å². The molecule has 0 bridgehead atoms. The minimum Gasteiger partial charge on any atom is -0.478 e. The van der Waals surface area contributed by atoms with Crippen LogP contribution in [0.4, 0.5) is 0 Å². The Morgan fingerprint density at radius 3 is 2.56 bits per heavy atom. The van der Waals surface area contributed by atoms with Crippen LogP contribution in [-0.4, -0.2) is 21.9 Å². The van der Waals surface area contributed by atoms with Gasteiger partial charge in [0.1, 0.15) is 0 Å². The third-order valence-corrected chi connectivity index (χ3v) is 3.32. The Morgan fingerprint density at radius 1 is 1.33 bits per heavy atom. The molecule has 1 aliphatic heterocycles. The molecule has 1 aliphatic rings. The average molecular weight is 245 g/mol. The third-order valence-electron chi connectivity index (χ3n) is 3.32.